The molecule has 1 fully saturated rings. The highest BCUT2D eigenvalue weighted by Crippen LogP contribution is 2.59. The molecule has 0 N–H and O–H groups in total. The van der Waals surface area contributed by atoms with E-state index in [-0.39, 0.29) is 11.7 Å². The molecule has 0 heterocycles. The molecule has 0 spiro atoms. The summed E-state index contributed by atoms with van der Waals surface area (Å²) in [5.74, 6) is -3.03. The lowest BCUT2D eigenvalue weighted by atomic mass is 10.1. The number of carbonyl (C=O) groups is 4. The number of esters is 3. The van der Waals surface area contributed by atoms with Gasteiger partial charge in [0.05, 0.1) is 13.0 Å². The van der Waals surface area contributed by atoms with Crippen LogP contribution in [0.5, 0.6) is 0 Å². The predicted molar refractivity (Wildman–Crippen MR) is 72.9 cm³/mol. The molecule has 2 unspecified atom stereocenters. The van der Waals surface area contributed by atoms with Gasteiger partial charge in [-0.2, -0.15) is 0 Å². The number of rotatable bonds is 5. The van der Waals surface area contributed by atoms with Crippen molar-refractivity contribution in [2.75, 3.05) is 7.11 Å². The van der Waals surface area contributed by atoms with Crippen LogP contribution in [-0.4, -0.2) is 30.8 Å². The first-order chi connectivity index (χ1) is 9.61. The molecule has 6 heteroatoms. The van der Waals surface area contributed by atoms with E-state index in [9.17, 15) is 19.2 Å². The number of carbonyl (C=O) groups excluding carboxylic acids is 4. The molecule has 0 aromatic rings. The zero-order chi connectivity index (χ0) is 16.4. The van der Waals surface area contributed by atoms with Gasteiger partial charge in [-0.3, -0.25) is 14.4 Å². The van der Waals surface area contributed by atoms with E-state index in [0.29, 0.717) is 5.57 Å². The predicted octanol–water partition coefficient (Wildman–Crippen LogP) is 1.43. The Labute approximate surface area is 123 Å². The van der Waals surface area contributed by atoms with Gasteiger partial charge in [0.1, 0.15) is 12.2 Å². The fourth-order valence-corrected chi connectivity index (χ4v) is 2.35. The van der Waals surface area contributed by atoms with Crippen LogP contribution in [0.25, 0.3) is 0 Å². The minimum atomic E-state index is -0.845. The number of ether oxygens (including phenoxy) is 2. The molecule has 1 aliphatic rings. The van der Waals surface area contributed by atoms with Crippen molar-refractivity contribution in [1.82, 2.24) is 0 Å². The Morgan fingerprint density at radius 2 is 1.71 bits per heavy atom. The Morgan fingerprint density at radius 3 is 2.19 bits per heavy atom. The molecule has 6 nitrogen and oxygen atoms in total. The zero-order valence-electron chi connectivity index (χ0n) is 12.9. The van der Waals surface area contributed by atoms with Gasteiger partial charge in [-0.05, 0) is 25.2 Å². The second-order valence-electron chi connectivity index (χ2n) is 5.84. The standard InChI is InChI=1S/C15H20O6/c1-8(13(18)20-5)6-10-12(15(10,3)4)14(19)21-11(17)7-9(2)16/h6,10,12H,7H2,1-5H3. The normalized spacial score (nSPS) is 23.2. The highest BCUT2D eigenvalue weighted by Gasteiger charge is 2.62. The van der Waals surface area contributed by atoms with E-state index in [4.69, 9.17) is 0 Å². The van der Waals surface area contributed by atoms with Crippen LogP contribution >= 0.6 is 0 Å². The molecular weight excluding hydrogens is 276 g/mol. The second-order valence-corrected chi connectivity index (χ2v) is 5.84. The van der Waals surface area contributed by atoms with Crippen molar-refractivity contribution in [3.8, 4) is 0 Å². The number of ketones is 1. The molecule has 1 aliphatic carbocycles. The summed E-state index contributed by atoms with van der Waals surface area (Å²) in [6.07, 6.45) is 1.24. The summed E-state index contributed by atoms with van der Waals surface area (Å²) >= 11 is 0. The average Bonchev–Trinajstić information content (AvgIpc) is 2.88. The molecule has 2 atom stereocenters. The van der Waals surface area contributed by atoms with Crippen molar-refractivity contribution >= 4 is 23.7 Å². The third-order valence-corrected chi connectivity index (χ3v) is 3.71. The van der Waals surface area contributed by atoms with E-state index in [1.54, 1.807) is 13.0 Å². The summed E-state index contributed by atoms with van der Waals surface area (Å²) in [4.78, 5) is 45.4. The fraction of sp³-hybridized carbons (Fsp3) is 0.600. The average molecular weight is 296 g/mol. The van der Waals surface area contributed by atoms with Gasteiger partial charge in [0.2, 0.25) is 0 Å². The molecule has 0 aromatic carbocycles. The van der Waals surface area contributed by atoms with Gasteiger partial charge in [0.25, 0.3) is 0 Å². The lowest BCUT2D eigenvalue weighted by molar-refractivity contribution is -0.161. The summed E-state index contributed by atoms with van der Waals surface area (Å²) in [5.41, 5.74) is 0.00371. The fourth-order valence-electron chi connectivity index (χ4n) is 2.35. The molecule has 116 valence electrons. The Kier molecular flexibility index (Phi) is 5.04. The number of hydrogen-bond donors (Lipinski definition) is 0. The van der Waals surface area contributed by atoms with Crippen LogP contribution in [0.15, 0.2) is 11.6 Å². The molecule has 1 rings (SSSR count). The van der Waals surface area contributed by atoms with Crippen LogP contribution < -0.4 is 0 Å². The van der Waals surface area contributed by atoms with Crippen LogP contribution in [0.2, 0.25) is 0 Å². The van der Waals surface area contributed by atoms with Gasteiger partial charge in [-0.25, -0.2) is 4.79 Å². The summed E-state index contributed by atoms with van der Waals surface area (Å²) in [6, 6.07) is 0. The van der Waals surface area contributed by atoms with Crippen molar-refractivity contribution in [2.24, 2.45) is 17.3 Å². The Morgan fingerprint density at radius 1 is 1.14 bits per heavy atom. The van der Waals surface area contributed by atoms with Gasteiger partial charge in [-0.15, -0.1) is 0 Å². The minimum Gasteiger partial charge on any atom is -0.466 e. The smallest absolute Gasteiger partial charge is 0.333 e. The van der Waals surface area contributed by atoms with Crippen molar-refractivity contribution in [3.63, 3.8) is 0 Å². The monoisotopic (exact) mass is 296 g/mol. The summed E-state index contributed by atoms with van der Waals surface area (Å²) in [7, 11) is 1.28. The Hall–Kier alpha value is -1.98. The minimum absolute atomic E-state index is 0.200. The van der Waals surface area contributed by atoms with Gasteiger partial charge in [0.15, 0.2) is 0 Å². The number of methoxy groups -OCH3 is 1. The molecule has 0 saturated heterocycles. The van der Waals surface area contributed by atoms with Gasteiger partial charge in [0, 0.05) is 5.57 Å². The van der Waals surface area contributed by atoms with Crippen molar-refractivity contribution < 1.29 is 28.7 Å². The molecule has 0 radical (unpaired) electrons. The van der Waals surface area contributed by atoms with Crippen LogP contribution in [0.4, 0.5) is 0 Å². The van der Waals surface area contributed by atoms with E-state index in [0.717, 1.165) is 0 Å². The first-order valence-corrected chi connectivity index (χ1v) is 6.62. The largest absolute Gasteiger partial charge is 0.466 e. The molecular formula is C15H20O6. The quantitative estimate of drug-likeness (QED) is 0.433. The van der Waals surface area contributed by atoms with Gasteiger partial charge < -0.3 is 9.47 Å². The molecule has 1 saturated carbocycles. The topological polar surface area (TPSA) is 86.7 Å². The second kappa shape index (κ2) is 6.20. The number of allylic oxidation sites excluding steroid dienone is 1. The van der Waals surface area contributed by atoms with Crippen LogP contribution in [-0.2, 0) is 28.7 Å². The molecule has 0 amide bonds. The lowest BCUT2D eigenvalue weighted by Crippen LogP contribution is -2.18. The highest BCUT2D eigenvalue weighted by molar-refractivity contribution is 5.99. The molecule has 21 heavy (non-hydrogen) atoms. The Balaban J connectivity index is 2.72. The third kappa shape index (κ3) is 4.00. The van der Waals surface area contributed by atoms with Crippen molar-refractivity contribution in [2.45, 2.75) is 34.1 Å². The van der Waals surface area contributed by atoms with Gasteiger partial charge >= 0.3 is 17.9 Å². The highest BCUT2D eigenvalue weighted by atomic mass is 16.6. The number of hydrogen-bond acceptors (Lipinski definition) is 6. The molecule has 0 aliphatic heterocycles. The maximum atomic E-state index is 11.9. The molecule has 0 bridgehead atoms. The van der Waals surface area contributed by atoms with E-state index in [2.05, 4.69) is 9.47 Å². The van der Waals surface area contributed by atoms with Crippen LogP contribution in [0, 0.1) is 17.3 Å². The maximum absolute atomic E-state index is 11.9. The lowest BCUT2D eigenvalue weighted by Gasteiger charge is -2.02. The van der Waals surface area contributed by atoms with E-state index in [1.807, 2.05) is 13.8 Å². The SMILES string of the molecule is COC(=O)C(C)=CC1C(C(=O)OC(=O)CC(C)=O)C1(C)C. The van der Waals surface area contributed by atoms with E-state index in [1.165, 1.54) is 14.0 Å². The molecule has 0 aromatic heterocycles. The van der Waals surface area contributed by atoms with Crippen molar-refractivity contribution in [1.29, 1.82) is 0 Å². The maximum Gasteiger partial charge on any atom is 0.333 e. The summed E-state index contributed by atoms with van der Waals surface area (Å²) < 4.78 is 9.27. The van der Waals surface area contributed by atoms with Gasteiger partial charge in [-0.1, -0.05) is 19.9 Å². The number of Topliss-reactive ketones (excluding diaryl/α,β-unsaturated/α-hetero) is 1. The first kappa shape index (κ1) is 17.1. The first-order valence-electron chi connectivity index (χ1n) is 6.62. The summed E-state index contributed by atoms with van der Waals surface area (Å²) in [5, 5.41) is 0. The van der Waals surface area contributed by atoms with Crippen LogP contribution in [0.3, 0.4) is 0 Å². The van der Waals surface area contributed by atoms with Crippen molar-refractivity contribution in [3.05, 3.63) is 11.6 Å². The zero-order valence-corrected chi connectivity index (χ0v) is 12.9. The van der Waals surface area contributed by atoms with Crippen LogP contribution in [0.1, 0.15) is 34.1 Å². The van der Waals surface area contributed by atoms with E-state index >= 15 is 0 Å². The Bertz CT molecular complexity index is 514. The third-order valence-electron chi connectivity index (χ3n) is 3.71. The van der Waals surface area contributed by atoms with E-state index < -0.39 is 35.7 Å². The summed E-state index contributed by atoms with van der Waals surface area (Å²) in [6.45, 7) is 6.54.